The number of hydrogen-bond donors (Lipinski definition) is 2. The number of aliphatic carboxylic acids is 1. The maximum atomic E-state index is 11.5. The molecule has 2 N–H and O–H groups in total. The highest BCUT2D eigenvalue weighted by Gasteiger charge is 2.23. The number of carboxylic acids is 1. The molecule has 108 valence electrons. The molecule has 0 spiro atoms. The molecule has 0 aromatic rings. The molecular formula is C14H23NO4. The van der Waals surface area contributed by atoms with E-state index in [9.17, 15) is 9.59 Å². The second-order valence-electron chi connectivity index (χ2n) is 5.34. The smallest absolute Gasteiger partial charge is 0.408 e. The van der Waals surface area contributed by atoms with Crippen LogP contribution in [0.5, 0.6) is 0 Å². The van der Waals surface area contributed by atoms with Crippen LogP contribution in [0.1, 0.15) is 52.9 Å². The lowest BCUT2D eigenvalue weighted by Crippen LogP contribution is -2.43. The van der Waals surface area contributed by atoms with E-state index in [2.05, 4.69) is 11.2 Å². The number of hydrogen-bond acceptors (Lipinski definition) is 3. The molecule has 0 aliphatic heterocycles. The molecule has 0 aliphatic rings. The van der Waals surface area contributed by atoms with Crippen molar-refractivity contribution in [3.05, 3.63) is 0 Å². The molecule has 0 rings (SSSR count). The first-order valence-electron chi connectivity index (χ1n) is 6.42. The van der Waals surface area contributed by atoms with Crippen molar-refractivity contribution in [2.75, 3.05) is 0 Å². The molecule has 0 aromatic heterocycles. The van der Waals surface area contributed by atoms with E-state index in [1.165, 1.54) is 0 Å². The molecule has 0 heterocycles. The predicted molar refractivity (Wildman–Crippen MR) is 72.7 cm³/mol. The molecule has 0 unspecified atom stereocenters. The molecule has 0 bridgehead atoms. The highest BCUT2D eigenvalue weighted by molar-refractivity contribution is 5.79. The number of unbranched alkanes of at least 4 members (excludes halogenated alkanes) is 3. The maximum Gasteiger partial charge on any atom is 0.408 e. The van der Waals surface area contributed by atoms with Crippen LogP contribution in [0.15, 0.2) is 0 Å². The van der Waals surface area contributed by atoms with E-state index in [1.807, 2.05) is 0 Å². The van der Waals surface area contributed by atoms with Crippen LogP contribution in [0.3, 0.4) is 0 Å². The fraction of sp³-hybridized carbons (Fsp3) is 0.714. The number of terminal acetylenes is 1. The Hall–Kier alpha value is -1.70. The Morgan fingerprint density at radius 1 is 1.32 bits per heavy atom. The molecule has 19 heavy (non-hydrogen) atoms. The minimum absolute atomic E-state index is 0.374. The summed E-state index contributed by atoms with van der Waals surface area (Å²) in [6, 6.07) is -0.916. The largest absolute Gasteiger partial charge is 0.480 e. The molecule has 1 amide bonds. The Morgan fingerprint density at radius 2 is 1.95 bits per heavy atom. The average Bonchev–Trinajstić information content (AvgIpc) is 2.24. The Morgan fingerprint density at radius 3 is 2.42 bits per heavy atom. The molecule has 0 saturated heterocycles. The van der Waals surface area contributed by atoms with Crippen molar-refractivity contribution in [3.63, 3.8) is 0 Å². The number of rotatable bonds is 7. The summed E-state index contributed by atoms with van der Waals surface area (Å²) in [6.07, 6.45) is 7.91. The zero-order valence-corrected chi connectivity index (χ0v) is 11.9. The van der Waals surface area contributed by atoms with Crippen LogP contribution in [0, 0.1) is 12.3 Å². The van der Waals surface area contributed by atoms with E-state index in [0.717, 1.165) is 12.8 Å². The van der Waals surface area contributed by atoms with Gasteiger partial charge in [0.2, 0.25) is 0 Å². The quantitative estimate of drug-likeness (QED) is 0.550. The number of carboxylic acid groups (broad SMARTS) is 1. The van der Waals surface area contributed by atoms with Gasteiger partial charge in [-0.25, -0.2) is 9.59 Å². The lowest BCUT2D eigenvalue weighted by atomic mass is 10.1. The Bertz CT molecular complexity index is 338. The normalized spacial score (nSPS) is 12.3. The lowest BCUT2D eigenvalue weighted by molar-refractivity contribution is -0.139. The van der Waals surface area contributed by atoms with Crippen molar-refractivity contribution < 1.29 is 19.4 Å². The van der Waals surface area contributed by atoms with Gasteiger partial charge in [0.05, 0.1) is 0 Å². The number of amides is 1. The van der Waals surface area contributed by atoms with Crippen molar-refractivity contribution in [1.82, 2.24) is 5.32 Å². The summed E-state index contributed by atoms with van der Waals surface area (Å²) in [5.74, 6) is 1.48. The van der Waals surface area contributed by atoms with E-state index in [0.29, 0.717) is 19.3 Å². The third kappa shape index (κ3) is 9.95. The molecule has 0 aromatic carbocycles. The SMILES string of the molecule is C#CCCCCC[C@@H](NC(=O)OC(C)(C)C)C(=O)O. The van der Waals surface area contributed by atoms with Crippen molar-refractivity contribution in [1.29, 1.82) is 0 Å². The molecule has 5 nitrogen and oxygen atoms in total. The van der Waals surface area contributed by atoms with E-state index >= 15 is 0 Å². The molecular weight excluding hydrogens is 246 g/mol. The zero-order valence-electron chi connectivity index (χ0n) is 11.9. The van der Waals surface area contributed by atoms with E-state index in [-0.39, 0.29) is 0 Å². The van der Waals surface area contributed by atoms with Crippen LogP contribution >= 0.6 is 0 Å². The van der Waals surface area contributed by atoms with Gasteiger partial charge < -0.3 is 15.2 Å². The van der Waals surface area contributed by atoms with Gasteiger partial charge >= 0.3 is 12.1 Å². The molecule has 0 aliphatic carbocycles. The third-order valence-corrected chi connectivity index (χ3v) is 2.30. The molecule has 0 radical (unpaired) electrons. The van der Waals surface area contributed by atoms with E-state index in [4.69, 9.17) is 16.3 Å². The number of carbonyl (C=O) groups excluding carboxylic acids is 1. The van der Waals surface area contributed by atoms with Crippen LogP contribution in [0.2, 0.25) is 0 Å². The minimum Gasteiger partial charge on any atom is -0.480 e. The van der Waals surface area contributed by atoms with Gasteiger partial charge in [-0.1, -0.05) is 12.8 Å². The summed E-state index contributed by atoms with van der Waals surface area (Å²) in [7, 11) is 0. The number of alkyl carbamates (subject to hydrolysis) is 1. The second kappa shape index (κ2) is 8.41. The number of carbonyl (C=O) groups is 2. The van der Waals surface area contributed by atoms with Crippen molar-refractivity contribution in [2.24, 2.45) is 0 Å². The van der Waals surface area contributed by atoms with Gasteiger partial charge in [-0.2, -0.15) is 0 Å². The Labute approximate surface area is 114 Å². The Balaban J connectivity index is 4.10. The average molecular weight is 269 g/mol. The Kier molecular flexibility index (Phi) is 7.66. The monoisotopic (exact) mass is 269 g/mol. The maximum absolute atomic E-state index is 11.5. The van der Waals surface area contributed by atoms with Gasteiger partial charge in [-0.3, -0.25) is 0 Å². The first-order chi connectivity index (χ1) is 8.76. The van der Waals surface area contributed by atoms with Crippen LogP contribution < -0.4 is 5.32 Å². The fourth-order valence-electron chi connectivity index (χ4n) is 1.46. The third-order valence-electron chi connectivity index (χ3n) is 2.30. The first-order valence-corrected chi connectivity index (χ1v) is 6.42. The number of nitrogens with one attached hydrogen (secondary N) is 1. The topological polar surface area (TPSA) is 75.6 Å². The van der Waals surface area contributed by atoms with Crippen molar-refractivity contribution in [2.45, 2.75) is 64.5 Å². The van der Waals surface area contributed by atoms with Crippen LogP contribution in [-0.2, 0) is 9.53 Å². The van der Waals surface area contributed by atoms with Gasteiger partial charge in [-0.15, -0.1) is 12.3 Å². The van der Waals surface area contributed by atoms with Gasteiger partial charge in [0.25, 0.3) is 0 Å². The summed E-state index contributed by atoms with van der Waals surface area (Å²) in [5.41, 5.74) is -0.639. The highest BCUT2D eigenvalue weighted by atomic mass is 16.6. The van der Waals surface area contributed by atoms with Crippen LogP contribution in [0.25, 0.3) is 0 Å². The van der Waals surface area contributed by atoms with Gasteiger partial charge in [0.15, 0.2) is 0 Å². The molecule has 1 atom stereocenters. The van der Waals surface area contributed by atoms with Crippen molar-refractivity contribution in [3.8, 4) is 12.3 Å². The van der Waals surface area contributed by atoms with Crippen LogP contribution in [-0.4, -0.2) is 28.8 Å². The molecule has 0 fully saturated rings. The van der Waals surface area contributed by atoms with Gasteiger partial charge in [0.1, 0.15) is 11.6 Å². The number of ether oxygens (including phenoxy) is 1. The summed E-state index contributed by atoms with van der Waals surface area (Å²) < 4.78 is 5.02. The summed E-state index contributed by atoms with van der Waals surface area (Å²) in [4.78, 5) is 22.5. The summed E-state index contributed by atoms with van der Waals surface area (Å²) >= 11 is 0. The summed E-state index contributed by atoms with van der Waals surface area (Å²) in [6.45, 7) is 5.17. The van der Waals surface area contributed by atoms with E-state index < -0.39 is 23.7 Å². The summed E-state index contributed by atoms with van der Waals surface area (Å²) in [5, 5.41) is 11.4. The van der Waals surface area contributed by atoms with Gasteiger partial charge in [0, 0.05) is 6.42 Å². The minimum atomic E-state index is -1.05. The van der Waals surface area contributed by atoms with Gasteiger partial charge in [-0.05, 0) is 33.6 Å². The van der Waals surface area contributed by atoms with Crippen LogP contribution in [0.4, 0.5) is 4.79 Å². The molecule has 5 heteroatoms. The predicted octanol–water partition coefficient (Wildman–Crippen LogP) is 2.55. The zero-order chi connectivity index (χ0) is 14.9. The van der Waals surface area contributed by atoms with E-state index in [1.54, 1.807) is 20.8 Å². The lowest BCUT2D eigenvalue weighted by Gasteiger charge is -2.22. The highest BCUT2D eigenvalue weighted by Crippen LogP contribution is 2.09. The first kappa shape index (κ1) is 17.3. The molecule has 0 saturated carbocycles. The standard InChI is InChI=1S/C14H23NO4/c1-5-6-7-8-9-10-11(12(16)17)15-13(18)19-14(2,3)4/h1,11H,6-10H2,2-4H3,(H,15,18)(H,16,17)/t11-/m1/s1. The van der Waals surface area contributed by atoms with Crippen molar-refractivity contribution >= 4 is 12.1 Å². The second-order valence-corrected chi connectivity index (χ2v) is 5.34. The fourth-order valence-corrected chi connectivity index (χ4v) is 1.46.